The van der Waals surface area contributed by atoms with Gasteiger partial charge in [-0.3, -0.25) is 0 Å². The van der Waals surface area contributed by atoms with Crippen molar-refractivity contribution in [1.82, 2.24) is 0 Å². The lowest BCUT2D eigenvalue weighted by Crippen LogP contribution is -2.42. The van der Waals surface area contributed by atoms with Crippen molar-refractivity contribution in [3.63, 3.8) is 0 Å². The van der Waals surface area contributed by atoms with Crippen LogP contribution in [0.5, 0.6) is 0 Å². The van der Waals surface area contributed by atoms with Gasteiger partial charge in [0.2, 0.25) is 0 Å². The number of unbranched alkanes of at least 4 members (excludes halogenated alkanes) is 2. The molecular formula is C10H27NOSi2. The molecule has 0 aliphatic heterocycles. The summed E-state index contributed by atoms with van der Waals surface area (Å²) in [6.07, 6.45) is 3.72. The highest BCUT2D eigenvalue weighted by Crippen LogP contribution is 2.20. The molecule has 0 atom stereocenters. The molecule has 0 unspecified atom stereocenters. The van der Waals surface area contributed by atoms with E-state index in [0.29, 0.717) is 0 Å². The van der Waals surface area contributed by atoms with Gasteiger partial charge in [0, 0.05) is 0 Å². The van der Waals surface area contributed by atoms with Gasteiger partial charge in [-0.15, -0.1) is 0 Å². The first kappa shape index (κ1) is 14.4. The predicted octanol–water partition coefficient (Wildman–Crippen LogP) is 3.17. The van der Waals surface area contributed by atoms with E-state index in [1.165, 1.54) is 18.9 Å². The maximum Gasteiger partial charge on any atom is 0.173 e. The van der Waals surface area contributed by atoms with Gasteiger partial charge >= 0.3 is 0 Å². The Balaban J connectivity index is 3.72. The lowest BCUT2D eigenvalue weighted by Gasteiger charge is -2.31. The minimum absolute atomic E-state index is 0.830. The molecular weight excluding hydrogens is 206 g/mol. The van der Waals surface area contributed by atoms with Gasteiger partial charge in [-0.1, -0.05) is 12.8 Å². The van der Waals surface area contributed by atoms with Crippen molar-refractivity contribution in [2.75, 3.05) is 6.54 Å². The molecule has 4 heteroatoms. The summed E-state index contributed by atoms with van der Waals surface area (Å²) < 4.78 is 6.25. The van der Waals surface area contributed by atoms with Gasteiger partial charge in [-0.05, 0) is 51.7 Å². The van der Waals surface area contributed by atoms with Crippen LogP contribution in [0.25, 0.3) is 0 Å². The third-order valence-electron chi connectivity index (χ3n) is 2.07. The summed E-state index contributed by atoms with van der Waals surface area (Å²) in [5.74, 6) is 0. The van der Waals surface area contributed by atoms with Crippen LogP contribution in [-0.2, 0) is 4.12 Å². The summed E-state index contributed by atoms with van der Waals surface area (Å²) in [7, 11) is -2.69. The van der Waals surface area contributed by atoms with E-state index in [9.17, 15) is 0 Å². The molecule has 0 aliphatic carbocycles. The van der Waals surface area contributed by atoms with Crippen LogP contribution >= 0.6 is 0 Å². The zero-order valence-electron chi connectivity index (χ0n) is 10.5. The van der Waals surface area contributed by atoms with Crippen LogP contribution in [0.15, 0.2) is 0 Å². The number of rotatable bonds is 7. The van der Waals surface area contributed by atoms with E-state index >= 15 is 0 Å². The van der Waals surface area contributed by atoms with Crippen molar-refractivity contribution >= 4 is 16.6 Å². The molecule has 0 fully saturated rings. The highest BCUT2D eigenvalue weighted by atomic mass is 28.4. The van der Waals surface area contributed by atoms with Crippen molar-refractivity contribution < 1.29 is 4.12 Å². The summed E-state index contributed by atoms with van der Waals surface area (Å²) in [4.78, 5) is 0. The minimum Gasteiger partial charge on any atom is -0.456 e. The first-order chi connectivity index (χ1) is 6.27. The fourth-order valence-corrected chi connectivity index (χ4v) is 9.89. The topological polar surface area (TPSA) is 35.2 Å². The van der Waals surface area contributed by atoms with Gasteiger partial charge < -0.3 is 9.85 Å². The lowest BCUT2D eigenvalue weighted by molar-refractivity contribution is 0.540. The maximum atomic E-state index is 6.25. The number of hydrogen-bond donors (Lipinski definition) is 1. The zero-order chi connectivity index (χ0) is 11.2. The fourth-order valence-electron chi connectivity index (χ4n) is 1.75. The third-order valence-corrected chi connectivity index (χ3v) is 8.28. The molecule has 0 radical (unpaired) electrons. The van der Waals surface area contributed by atoms with Crippen molar-refractivity contribution in [1.29, 1.82) is 0 Å². The third kappa shape index (κ3) is 8.93. The summed E-state index contributed by atoms with van der Waals surface area (Å²) >= 11 is 0. The van der Waals surface area contributed by atoms with Gasteiger partial charge in [0.15, 0.2) is 16.6 Å². The van der Waals surface area contributed by atoms with E-state index in [0.717, 1.165) is 13.0 Å². The van der Waals surface area contributed by atoms with E-state index in [2.05, 4.69) is 32.7 Å². The SMILES string of the molecule is C[Si](C)(C)O[Si](C)(C)CCCCCN. The second-order valence-corrected chi connectivity index (χ2v) is 14.6. The van der Waals surface area contributed by atoms with Crippen LogP contribution in [0.2, 0.25) is 38.8 Å². The summed E-state index contributed by atoms with van der Waals surface area (Å²) in [6.45, 7) is 12.4. The van der Waals surface area contributed by atoms with Crippen molar-refractivity contribution in [3.8, 4) is 0 Å². The molecule has 0 amide bonds. The Bertz CT molecular complexity index is 155. The molecule has 0 bridgehead atoms. The van der Waals surface area contributed by atoms with Crippen LogP contribution in [0, 0.1) is 0 Å². The van der Waals surface area contributed by atoms with Crippen molar-refractivity contribution in [3.05, 3.63) is 0 Å². The zero-order valence-corrected chi connectivity index (χ0v) is 12.5. The van der Waals surface area contributed by atoms with Gasteiger partial charge in [0.25, 0.3) is 0 Å². The van der Waals surface area contributed by atoms with Gasteiger partial charge in [0.1, 0.15) is 0 Å². The highest BCUT2D eigenvalue weighted by molar-refractivity contribution is 6.84. The molecule has 2 N–H and O–H groups in total. The fraction of sp³-hybridized carbons (Fsp3) is 1.00. The van der Waals surface area contributed by atoms with Crippen LogP contribution in [0.1, 0.15) is 19.3 Å². The first-order valence-electron chi connectivity index (χ1n) is 5.67. The molecule has 0 aromatic heterocycles. The van der Waals surface area contributed by atoms with Crippen LogP contribution in [0.4, 0.5) is 0 Å². The summed E-state index contributed by atoms with van der Waals surface area (Å²) in [5.41, 5.74) is 5.47. The predicted molar refractivity (Wildman–Crippen MR) is 69.6 cm³/mol. The molecule has 0 saturated heterocycles. The Hall–Kier alpha value is 0.354. The van der Waals surface area contributed by atoms with E-state index in [4.69, 9.17) is 9.85 Å². The second kappa shape index (κ2) is 6.05. The average molecular weight is 234 g/mol. The van der Waals surface area contributed by atoms with Gasteiger partial charge in [0.05, 0.1) is 0 Å². The van der Waals surface area contributed by atoms with Crippen LogP contribution in [-0.4, -0.2) is 23.2 Å². The summed E-state index contributed by atoms with van der Waals surface area (Å²) in [5, 5.41) is 0. The highest BCUT2D eigenvalue weighted by Gasteiger charge is 2.28. The summed E-state index contributed by atoms with van der Waals surface area (Å²) in [6, 6.07) is 1.29. The molecule has 0 saturated carbocycles. The van der Waals surface area contributed by atoms with E-state index in [-0.39, 0.29) is 0 Å². The minimum atomic E-state index is -1.37. The van der Waals surface area contributed by atoms with E-state index < -0.39 is 16.6 Å². The van der Waals surface area contributed by atoms with Crippen LogP contribution in [0.3, 0.4) is 0 Å². The number of hydrogen-bond acceptors (Lipinski definition) is 2. The molecule has 86 valence electrons. The second-order valence-electron chi connectivity index (χ2n) is 5.57. The lowest BCUT2D eigenvalue weighted by atomic mass is 10.2. The van der Waals surface area contributed by atoms with Crippen molar-refractivity contribution in [2.45, 2.75) is 58.0 Å². The van der Waals surface area contributed by atoms with Gasteiger partial charge in [-0.25, -0.2) is 0 Å². The Morgan fingerprint density at radius 2 is 1.50 bits per heavy atom. The molecule has 0 aromatic carbocycles. The monoisotopic (exact) mass is 233 g/mol. The van der Waals surface area contributed by atoms with E-state index in [1.54, 1.807) is 0 Å². The Morgan fingerprint density at radius 3 is 1.93 bits per heavy atom. The largest absolute Gasteiger partial charge is 0.456 e. The molecule has 0 heterocycles. The molecule has 0 aromatic rings. The Kier molecular flexibility index (Phi) is 6.20. The Labute approximate surface area is 91.5 Å². The van der Waals surface area contributed by atoms with Crippen molar-refractivity contribution in [2.24, 2.45) is 5.73 Å². The smallest absolute Gasteiger partial charge is 0.173 e. The first-order valence-corrected chi connectivity index (χ1v) is 12.2. The van der Waals surface area contributed by atoms with Gasteiger partial charge in [-0.2, -0.15) is 0 Å². The quantitative estimate of drug-likeness (QED) is 0.541. The normalized spacial score (nSPS) is 13.3. The Morgan fingerprint density at radius 1 is 0.929 bits per heavy atom. The molecule has 0 rings (SSSR count). The molecule has 14 heavy (non-hydrogen) atoms. The molecule has 0 aliphatic rings. The molecule has 0 spiro atoms. The standard InChI is InChI=1S/C10H27NOSi2/c1-13(2,3)12-14(4,5)10-8-6-7-9-11/h6-11H2,1-5H3. The maximum absolute atomic E-state index is 6.25. The van der Waals surface area contributed by atoms with Crippen LogP contribution < -0.4 is 5.73 Å². The average Bonchev–Trinajstić information content (AvgIpc) is 1.93. The number of nitrogens with two attached hydrogens (primary N) is 1. The van der Waals surface area contributed by atoms with E-state index in [1.807, 2.05) is 0 Å². The molecule has 2 nitrogen and oxygen atoms in total.